The molecule has 1 unspecified atom stereocenters. The first kappa shape index (κ1) is 18.1. The maximum atomic E-state index is 12.5. The van der Waals surface area contributed by atoms with Crippen molar-refractivity contribution in [2.45, 2.75) is 6.92 Å². The van der Waals surface area contributed by atoms with Crippen LogP contribution in [-0.4, -0.2) is 16.1 Å². The second-order valence-electron chi connectivity index (χ2n) is 6.44. The van der Waals surface area contributed by atoms with Crippen LogP contribution in [0.3, 0.4) is 0 Å². The smallest absolute Gasteiger partial charge is 0.255 e. The van der Waals surface area contributed by atoms with Crippen LogP contribution < -0.4 is 10.6 Å². The van der Waals surface area contributed by atoms with Gasteiger partial charge in [-0.3, -0.25) is 4.79 Å². The number of carbonyl (C=O) groups is 1. The summed E-state index contributed by atoms with van der Waals surface area (Å²) in [7, 11) is 2.62. The Kier molecular flexibility index (Phi) is 5.00. The highest BCUT2D eigenvalue weighted by Gasteiger charge is 2.11. The minimum Gasteiger partial charge on any atom is -0.416 e. The van der Waals surface area contributed by atoms with Crippen LogP contribution >= 0.6 is 9.24 Å². The third kappa shape index (κ3) is 4.00. The van der Waals surface area contributed by atoms with Crippen LogP contribution in [-0.2, 0) is 0 Å². The summed E-state index contributed by atoms with van der Waals surface area (Å²) >= 11 is 0. The van der Waals surface area contributed by atoms with Gasteiger partial charge in [0.15, 0.2) is 0 Å². The maximum Gasteiger partial charge on any atom is 0.255 e. The molecule has 4 rings (SSSR count). The van der Waals surface area contributed by atoms with Crippen LogP contribution in [0.5, 0.6) is 0 Å². The van der Waals surface area contributed by atoms with E-state index in [2.05, 4.69) is 24.8 Å². The van der Waals surface area contributed by atoms with E-state index in [0.29, 0.717) is 23.0 Å². The van der Waals surface area contributed by atoms with E-state index >= 15 is 0 Å². The number of aryl methyl sites for hydroxylation is 1. The standard InChI is InChI=1S/C22H18N3O2P/c1-14-11-17(13-19(28)12-14)20(26)23-18-9-7-16(8-10-18)22-25-24-21(27-22)15-5-3-2-4-6-15/h2-13H,28H2,1H3,(H,23,26). The molecule has 0 saturated heterocycles. The number of nitrogens with zero attached hydrogens (tertiary/aromatic N) is 2. The first-order valence-corrected chi connectivity index (χ1v) is 9.34. The number of benzene rings is 3. The molecule has 1 N–H and O–H groups in total. The Morgan fingerprint density at radius 2 is 1.54 bits per heavy atom. The van der Waals surface area contributed by atoms with Gasteiger partial charge in [-0.05, 0) is 66.3 Å². The molecule has 0 fully saturated rings. The van der Waals surface area contributed by atoms with Crippen molar-refractivity contribution in [3.8, 4) is 22.9 Å². The molecular weight excluding hydrogens is 369 g/mol. The fourth-order valence-corrected chi connectivity index (χ4v) is 3.32. The zero-order valence-electron chi connectivity index (χ0n) is 15.2. The molecule has 4 aromatic rings. The highest BCUT2D eigenvalue weighted by atomic mass is 31.0. The van der Waals surface area contributed by atoms with Crippen LogP contribution in [0.2, 0.25) is 0 Å². The molecule has 0 aliphatic heterocycles. The van der Waals surface area contributed by atoms with Crippen LogP contribution in [0.25, 0.3) is 22.9 Å². The van der Waals surface area contributed by atoms with Crippen molar-refractivity contribution in [1.82, 2.24) is 10.2 Å². The van der Waals surface area contributed by atoms with Gasteiger partial charge in [-0.25, -0.2) is 0 Å². The van der Waals surface area contributed by atoms with Crippen molar-refractivity contribution in [1.29, 1.82) is 0 Å². The zero-order valence-corrected chi connectivity index (χ0v) is 16.4. The molecule has 6 heteroatoms. The second-order valence-corrected chi connectivity index (χ2v) is 7.11. The van der Waals surface area contributed by atoms with Crippen molar-refractivity contribution in [2.75, 3.05) is 5.32 Å². The summed E-state index contributed by atoms with van der Waals surface area (Å²) < 4.78 is 5.76. The quantitative estimate of drug-likeness (QED) is 0.525. The van der Waals surface area contributed by atoms with Gasteiger partial charge in [-0.1, -0.05) is 24.3 Å². The molecule has 1 amide bonds. The number of rotatable bonds is 4. The average Bonchev–Trinajstić information content (AvgIpc) is 3.19. The molecular formula is C22H18N3O2P. The van der Waals surface area contributed by atoms with Crippen molar-refractivity contribution in [3.63, 3.8) is 0 Å². The Hall–Kier alpha value is -3.30. The SMILES string of the molecule is Cc1cc(P)cc(C(=O)Nc2ccc(-c3nnc(-c4ccccc4)o3)cc2)c1. The maximum absolute atomic E-state index is 12.5. The van der Waals surface area contributed by atoms with Gasteiger partial charge in [0, 0.05) is 22.4 Å². The Labute approximate surface area is 165 Å². The van der Waals surface area contributed by atoms with Crippen LogP contribution in [0, 0.1) is 6.92 Å². The minimum atomic E-state index is -0.149. The molecule has 1 atom stereocenters. The number of nitrogens with one attached hydrogen (secondary N) is 1. The van der Waals surface area contributed by atoms with Gasteiger partial charge in [0.1, 0.15) is 0 Å². The third-order valence-corrected chi connectivity index (χ3v) is 4.53. The Bertz CT molecular complexity index is 1100. The number of aromatic nitrogens is 2. The molecule has 0 aliphatic rings. The Morgan fingerprint density at radius 3 is 2.18 bits per heavy atom. The lowest BCUT2D eigenvalue weighted by atomic mass is 10.1. The molecule has 5 nitrogen and oxygen atoms in total. The van der Waals surface area contributed by atoms with Crippen LogP contribution in [0.15, 0.2) is 77.2 Å². The van der Waals surface area contributed by atoms with E-state index in [1.54, 1.807) is 0 Å². The van der Waals surface area contributed by atoms with Crippen molar-refractivity contribution in [2.24, 2.45) is 0 Å². The lowest BCUT2D eigenvalue weighted by molar-refractivity contribution is 0.102. The molecule has 138 valence electrons. The van der Waals surface area contributed by atoms with Crippen molar-refractivity contribution < 1.29 is 9.21 Å². The molecule has 3 aromatic carbocycles. The molecule has 0 saturated carbocycles. The third-order valence-electron chi connectivity index (χ3n) is 4.20. The van der Waals surface area contributed by atoms with Gasteiger partial charge in [0.2, 0.25) is 11.8 Å². The fourth-order valence-electron chi connectivity index (χ4n) is 2.88. The van der Waals surface area contributed by atoms with E-state index < -0.39 is 0 Å². The van der Waals surface area contributed by atoms with Gasteiger partial charge >= 0.3 is 0 Å². The molecule has 28 heavy (non-hydrogen) atoms. The van der Waals surface area contributed by atoms with E-state index in [0.717, 1.165) is 22.0 Å². The largest absolute Gasteiger partial charge is 0.416 e. The second kappa shape index (κ2) is 7.75. The monoisotopic (exact) mass is 387 g/mol. The summed E-state index contributed by atoms with van der Waals surface area (Å²) in [6, 6.07) is 22.6. The molecule has 0 bridgehead atoms. The fraction of sp³-hybridized carbons (Fsp3) is 0.0455. The zero-order chi connectivity index (χ0) is 19.5. The topological polar surface area (TPSA) is 68.0 Å². The highest BCUT2D eigenvalue weighted by Crippen LogP contribution is 2.25. The summed E-state index contributed by atoms with van der Waals surface area (Å²) in [5, 5.41) is 12.1. The predicted molar refractivity (Wildman–Crippen MR) is 114 cm³/mol. The molecule has 0 spiro atoms. The summed E-state index contributed by atoms with van der Waals surface area (Å²) in [5.41, 5.74) is 4.02. The van der Waals surface area contributed by atoms with Crippen LogP contribution in [0.1, 0.15) is 15.9 Å². The average molecular weight is 387 g/mol. The predicted octanol–water partition coefficient (Wildman–Crippen LogP) is 4.46. The first-order valence-electron chi connectivity index (χ1n) is 8.76. The summed E-state index contributed by atoms with van der Waals surface area (Å²) in [6.07, 6.45) is 0. The molecule has 0 aliphatic carbocycles. The van der Waals surface area contributed by atoms with E-state index in [4.69, 9.17) is 4.42 Å². The summed E-state index contributed by atoms with van der Waals surface area (Å²) in [4.78, 5) is 12.5. The minimum absolute atomic E-state index is 0.149. The highest BCUT2D eigenvalue weighted by molar-refractivity contribution is 7.27. The van der Waals surface area contributed by atoms with Crippen molar-refractivity contribution >= 4 is 26.1 Å². The first-order chi connectivity index (χ1) is 13.6. The van der Waals surface area contributed by atoms with Crippen molar-refractivity contribution in [3.05, 3.63) is 83.9 Å². The van der Waals surface area contributed by atoms with Gasteiger partial charge in [0.25, 0.3) is 5.91 Å². The number of anilines is 1. The van der Waals surface area contributed by atoms with Gasteiger partial charge in [-0.2, -0.15) is 0 Å². The Balaban J connectivity index is 1.50. The van der Waals surface area contributed by atoms with E-state index in [1.165, 1.54) is 0 Å². The van der Waals surface area contributed by atoms with E-state index in [9.17, 15) is 4.79 Å². The van der Waals surface area contributed by atoms with Crippen LogP contribution in [0.4, 0.5) is 5.69 Å². The van der Waals surface area contributed by atoms with Gasteiger partial charge < -0.3 is 9.73 Å². The number of carbonyl (C=O) groups excluding carboxylic acids is 1. The Morgan fingerprint density at radius 1 is 0.893 bits per heavy atom. The van der Waals surface area contributed by atoms with E-state index in [1.807, 2.05) is 79.7 Å². The number of hydrogen-bond donors (Lipinski definition) is 1. The lowest BCUT2D eigenvalue weighted by Gasteiger charge is -2.07. The molecule has 1 heterocycles. The summed E-state index contributed by atoms with van der Waals surface area (Å²) in [5.74, 6) is 0.757. The van der Waals surface area contributed by atoms with Gasteiger partial charge in [0.05, 0.1) is 0 Å². The lowest BCUT2D eigenvalue weighted by Crippen LogP contribution is -2.13. The van der Waals surface area contributed by atoms with Gasteiger partial charge in [-0.15, -0.1) is 19.4 Å². The molecule has 1 aromatic heterocycles. The summed E-state index contributed by atoms with van der Waals surface area (Å²) in [6.45, 7) is 1.97. The number of amides is 1. The normalized spacial score (nSPS) is 10.6. The molecule has 0 radical (unpaired) electrons. The number of hydrogen-bond acceptors (Lipinski definition) is 4. The van der Waals surface area contributed by atoms with E-state index in [-0.39, 0.29) is 5.91 Å².